The number of amides is 1. The summed E-state index contributed by atoms with van der Waals surface area (Å²) in [5.74, 6) is 1.42. The molecule has 2 unspecified atom stereocenters. The number of carbonyl (C=O) groups excluding carboxylic acids is 1. The number of benzene rings is 1. The van der Waals surface area contributed by atoms with Gasteiger partial charge in [0.2, 0.25) is 5.91 Å². The van der Waals surface area contributed by atoms with E-state index in [2.05, 4.69) is 12.2 Å². The predicted octanol–water partition coefficient (Wildman–Crippen LogP) is 3.12. The van der Waals surface area contributed by atoms with Crippen molar-refractivity contribution < 1.29 is 9.53 Å². The van der Waals surface area contributed by atoms with Gasteiger partial charge in [0.1, 0.15) is 5.75 Å². The Balaban J connectivity index is 1.70. The van der Waals surface area contributed by atoms with Crippen LogP contribution < -0.4 is 15.8 Å². The molecule has 1 amide bonds. The van der Waals surface area contributed by atoms with Gasteiger partial charge in [0.05, 0.1) is 13.0 Å². The molecule has 1 fully saturated rings. The van der Waals surface area contributed by atoms with Crippen molar-refractivity contribution in [2.75, 3.05) is 12.3 Å². The maximum atomic E-state index is 12.0. The quantitative estimate of drug-likeness (QED) is 0.647. The number of rotatable bonds is 5. The van der Waals surface area contributed by atoms with Crippen molar-refractivity contribution >= 4 is 11.6 Å². The largest absolute Gasteiger partial charge is 0.493 e. The molecular weight excluding hydrogens is 264 g/mol. The number of anilines is 1. The first-order valence-electron chi connectivity index (χ1n) is 7.93. The lowest BCUT2D eigenvalue weighted by Gasteiger charge is -2.22. The third kappa shape index (κ3) is 5.29. The molecular formula is C17H26N2O2. The number of nitrogens with two attached hydrogens (primary N) is 1. The van der Waals surface area contributed by atoms with Gasteiger partial charge in [-0.05, 0) is 43.0 Å². The molecule has 0 aromatic heterocycles. The van der Waals surface area contributed by atoms with Crippen molar-refractivity contribution in [2.24, 2.45) is 5.92 Å². The summed E-state index contributed by atoms with van der Waals surface area (Å²) in [4.78, 5) is 12.0. The minimum Gasteiger partial charge on any atom is -0.493 e. The fraction of sp³-hybridized carbons (Fsp3) is 0.588. The molecule has 0 aliphatic heterocycles. The number of nitrogen functional groups attached to an aromatic ring is 1. The maximum Gasteiger partial charge on any atom is 0.223 e. The molecule has 1 aromatic carbocycles. The third-order valence-electron chi connectivity index (χ3n) is 4.19. The number of hydrogen-bond acceptors (Lipinski definition) is 3. The molecule has 4 nitrogen and oxygen atoms in total. The second-order valence-corrected chi connectivity index (χ2v) is 5.96. The van der Waals surface area contributed by atoms with Crippen molar-refractivity contribution in [3.05, 3.63) is 24.3 Å². The topological polar surface area (TPSA) is 64.3 Å². The van der Waals surface area contributed by atoms with E-state index < -0.39 is 0 Å². The van der Waals surface area contributed by atoms with E-state index >= 15 is 0 Å². The molecule has 0 spiro atoms. The Hall–Kier alpha value is -1.71. The Labute approximate surface area is 127 Å². The molecule has 2 atom stereocenters. The zero-order chi connectivity index (χ0) is 15.1. The van der Waals surface area contributed by atoms with Crippen molar-refractivity contribution in [2.45, 2.75) is 51.5 Å². The maximum absolute atomic E-state index is 12.0. The lowest BCUT2D eigenvalue weighted by Crippen LogP contribution is -2.39. The Morgan fingerprint density at radius 1 is 1.24 bits per heavy atom. The summed E-state index contributed by atoms with van der Waals surface area (Å²) in [5.41, 5.74) is 6.32. The van der Waals surface area contributed by atoms with Gasteiger partial charge in [-0.2, -0.15) is 0 Å². The minimum absolute atomic E-state index is 0.0872. The first-order chi connectivity index (χ1) is 10.1. The van der Waals surface area contributed by atoms with Gasteiger partial charge in [0.25, 0.3) is 0 Å². The molecule has 0 saturated heterocycles. The highest BCUT2D eigenvalue weighted by atomic mass is 16.5. The van der Waals surface area contributed by atoms with Crippen LogP contribution in [0, 0.1) is 5.92 Å². The standard InChI is InChI=1S/C17H26N2O2/c1-13-5-3-2-4-6-16(13)19-17(20)11-12-21-15-9-7-14(18)8-10-15/h7-10,13,16H,2-6,11-12,18H2,1H3,(H,19,20). The van der Waals surface area contributed by atoms with Crippen LogP contribution in [-0.4, -0.2) is 18.6 Å². The molecule has 1 saturated carbocycles. The zero-order valence-corrected chi connectivity index (χ0v) is 12.8. The summed E-state index contributed by atoms with van der Waals surface area (Å²) in [6.07, 6.45) is 6.51. The molecule has 0 heterocycles. The highest BCUT2D eigenvalue weighted by Gasteiger charge is 2.21. The molecule has 1 aliphatic rings. The third-order valence-corrected chi connectivity index (χ3v) is 4.19. The fourth-order valence-corrected chi connectivity index (χ4v) is 2.81. The first kappa shape index (κ1) is 15.7. The van der Waals surface area contributed by atoms with E-state index in [1.807, 2.05) is 12.1 Å². The molecule has 0 radical (unpaired) electrons. The average molecular weight is 290 g/mol. The van der Waals surface area contributed by atoms with E-state index in [1.54, 1.807) is 12.1 Å². The van der Waals surface area contributed by atoms with Crippen LogP contribution in [-0.2, 0) is 4.79 Å². The molecule has 21 heavy (non-hydrogen) atoms. The average Bonchev–Trinajstić information content (AvgIpc) is 2.66. The summed E-state index contributed by atoms with van der Waals surface area (Å²) >= 11 is 0. The predicted molar refractivity (Wildman–Crippen MR) is 85.1 cm³/mol. The summed E-state index contributed by atoms with van der Waals surface area (Å²) in [5, 5.41) is 3.17. The van der Waals surface area contributed by atoms with Crippen LogP contribution in [0.15, 0.2) is 24.3 Å². The molecule has 1 aromatic rings. The highest BCUT2D eigenvalue weighted by Crippen LogP contribution is 2.23. The van der Waals surface area contributed by atoms with Crippen LogP contribution in [0.2, 0.25) is 0 Å². The Morgan fingerprint density at radius 2 is 1.95 bits per heavy atom. The lowest BCUT2D eigenvalue weighted by molar-refractivity contribution is -0.122. The van der Waals surface area contributed by atoms with Crippen LogP contribution >= 0.6 is 0 Å². The van der Waals surface area contributed by atoms with Crippen molar-refractivity contribution in [1.82, 2.24) is 5.32 Å². The van der Waals surface area contributed by atoms with Crippen LogP contribution in [0.4, 0.5) is 5.69 Å². The molecule has 4 heteroatoms. The second kappa shape index (κ2) is 7.91. The van der Waals surface area contributed by atoms with E-state index in [4.69, 9.17) is 10.5 Å². The van der Waals surface area contributed by atoms with Crippen LogP contribution in [0.3, 0.4) is 0 Å². The summed E-state index contributed by atoms with van der Waals surface area (Å²) in [6, 6.07) is 7.56. The number of nitrogens with one attached hydrogen (secondary N) is 1. The van der Waals surface area contributed by atoms with E-state index in [9.17, 15) is 4.79 Å². The molecule has 116 valence electrons. The Bertz CT molecular complexity index is 445. The smallest absolute Gasteiger partial charge is 0.223 e. The van der Waals surface area contributed by atoms with Crippen LogP contribution in [0.5, 0.6) is 5.75 Å². The van der Waals surface area contributed by atoms with E-state index in [1.165, 1.54) is 25.7 Å². The van der Waals surface area contributed by atoms with E-state index in [-0.39, 0.29) is 5.91 Å². The van der Waals surface area contributed by atoms with Crippen LogP contribution in [0.25, 0.3) is 0 Å². The number of ether oxygens (including phenoxy) is 1. The van der Waals surface area contributed by atoms with Crippen molar-refractivity contribution in [1.29, 1.82) is 0 Å². The van der Waals surface area contributed by atoms with Crippen molar-refractivity contribution in [3.63, 3.8) is 0 Å². The van der Waals surface area contributed by atoms with E-state index in [0.717, 1.165) is 12.2 Å². The van der Waals surface area contributed by atoms with Gasteiger partial charge in [-0.15, -0.1) is 0 Å². The van der Waals surface area contributed by atoms with Gasteiger partial charge < -0.3 is 15.8 Å². The monoisotopic (exact) mass is 290 g/mol. The molecule has 2 rings (SSSR count). The van der Waals surface area contributed by atoms with Gasteiger partial charge >= 0.3 is 0 Å². The molecule has 0 bridgehead atoms. The normalized spacial score (nSPS) is 22.3. The van der Waals surface area contributed by atoms with Gasteiger partial charge in [0, 0.05) is 11.7 Å². The zero-order valence-electron chi connectivity index (χ0n) is 12.8. The Kier molecular flexibility index (Phi) is 5.90. The first-order valence-corrected chi connectivity index (χ1v) is 7.93. The van der Waals surface area contributed by atoms with Gasteiger partial charge in [-0.3, -0.25) is 4.79 Å². The second-order valence-electron chi connectivity index (χ2n) is 5.96. The lowest BCUT2D eigenvalue weighted by atomic mass is 9.97. The Morgan fingerprint density at radius 3 is 2.71 bits per heavy atom. The summed E-state index contributed by atoms with van der Waals surface area (Å²) < 4.78 is 5.56. The van der Waals surface area contributed by atoms with Crippen molar-refractivity contribution in [3.8, 4) is 5.75 Å². The molecule has 3 N–H and O–H groups in total. The van der Waals surface area contributed by atoms with Gasteiger partial charge in [-0.1, -0.05) is 26.2 Å². The highest BCUT2D eigenvalue weighted by molar-refractivity contribution is 5.76. The SMILES string of the molecule is CC1CCCCCC1NC(=O)CCOc1ccc(N)cc1. The summed E-state index contributed by atoms with van der Waals surface area (Å²) in [7, 11) is 0. The van der Waals surface area contributed by atoms with E-state index in [0.29, 0.717) is 30.7 Å². The van der Waals surface area contributed by atoms with Gasteiger partial charge in [0.15, 0.2) is 0 Å². The minimum atomic E-state index is 0.0872. The number of carbonyl (C=O) groups is 1. The number of hydrogen-bond donors (Lipinski definition) is 2. The van der Waals surface area contributed by atoms with Gasteiger partial charge in [-0.25, -0.2) is 0 Å². The van der Waals surface area contributed by atoms with Crippen LogP contribution in [0.1, 0.15) is 45.4 Å². The fourth-order valence-electron chi connectivity index (χ4n) is 2.81. The summed E-state index contributed by atoms with van der Waals surface area (Å²) in [6.45, 7) is 2.64. The molecule has 1 aliphatic carbocycles.